The number of carbonyl (C=O) groups is 1. The lowest BCUT2D eigenvalue weighted by atomic mass is 10.1. The highest BCUT2D eigenvalue weighted by Crippen LogP contribution is 2.36. The summed E-state index contributed by atoms with van der Waals surface area (Å²) in [7, 11) is 1.25. The van der Waals surface area contributed by atoms with Gasteiger partial charge in [-0.05, 0) is 36.7 Å². The van der Waals surface area contributed by atoms with Gasteiger partial charge in [0.2, 0.25) is 0 Å². The van der Waals surface area contributed by atoms with Crippen LogP contribution in [0.1, 0.15) is 33.6 Å². The van der Waals surface area contributed by atoms with E-state index in [1.54, 1.807) is 7.11 Å². The number of esters is 1. The maximum Gasteiger partial charge on any atom is 0.307 e. The van der Waals surface area contributed by atoms with Crippen molar-refractivity contribution < 1.29 is 18.7 Å². The summed E-state index contributed by atoms with van der Waals surface area (Å²) in [6.45, 7) is 11.7. The van der Waals surface area contributed by atoms with Crippen molar-refractivity contribution in [1.82, 2.24) is 0 Å². The van der Waals surface area contributed by atoms with E-state index in [0.717, 1.165) is 17.9 Å². The second-order valence-electron chi connectivity index (χ2n) is 7.72. The third kappa shape index (κ3) is 6.70. The molecule has 0 aliphatic carbocycles. The van der Waals surface area contributed by atoms with E-state index in [9.17, 15) is 4.79 Å². The summed E-state index contributed by atoms with van der Waals surface area (Å²) >= 11 is 0. The zero-order chi connectivity index (χ0) is 19.1. The van der Waals surface area contributed by atoms with Gasteiger partial charge in [0, 0.05) is 12.6 Å². The lowest BCUT2D eigenvalue weighted by Crippen LogP contribution is -2.41. The van der Waals surface area contributed by atoms with Crippen LogP contribution in [0, 0.1) is 0 Å². The molecule has 0 saturated carbocycles. The third-order valence-electron chi connectivity index (χ3n) is 4.84. The minimum atomic E-state index is -1.80. The number of para-hydroxylation sites is 2. The molecule has 0 fully saturated rings. The second-order valence-corrected chi connectivity index (χ2v) is 12.5. The average molecular weight is 368 g/mol. The predicted octanol–water partition coefficient (Wildman–Crippen LogP) is 4.45. The molecule has 142 valence electrons. The highest BCUT2D eigenvalue weighted by Gasteiger charge is 2.37. The standard InChI is InChI=1S/C19H33NO4Si/c1-19(2,3)25(6,7)24-13-12-15(14-18(21)23-5)20-16-10-8-9-11-17(16)22-4/h8-11,15,20H,12-14H2,1-7H3. The first-order valence-corrected chi connectivity index (χ1v) is 11.6. The first-order valence-electron chi connectivity index (χ1n) is 8.71. The molecule has 0 aliphatic rings. The van der Waals surface area contributed by atoms with E-state index >= 15 is 0 Å². The predicted molar refractivity (Wildman–Crippen MR) is 105 cm³/mol. The number of carbonyl (C=O) groups excluding carboxylic acids is 1. The number of rotatable bonds is 9. The maximum atomic E-state index is 11.8. The summed E-state index contributed by atoms with van der Waals surface area (Å²) in [6.07, 6.45) is 1.01. The van der Waals surface area contributed by atoms with E-state index in [1.807, 2.05) is 24.3 Å². The van der Waals surface area contributed by atoms with Gasteiger partial charge >= 0.3 is 5.97 Å². The lowest BCUT2D eigenvalue weighted by molar-refractivity contribution is -0.140. The highest BCUT2D eigenvalue weighted by molar-refractivity contribution is 6.74. The molecule has 0 bridgehead atoms. The summed E-state index contributed by atoms with van der Waals surface area (Å²) in [4.78, 5) is 11.8. The van der Waals surface area contributed by atoms with E-state index in [4.69, 9.17) is 13.9 Å². The van der Waals surface area contributed by atoms with Crippen LogP contribution in [0.25, 0.3) is 0 Å². The van der Waals surface area contributed by atoms with Crippen LogP contribution in [0.2, 0.25) is 18.1 Å². The SMILES string of the molecule is COC(=O)CC(CCO[Si](C)(C)C(C)(C)C)Nc1ccccc1OC. The topological polar surface area (TPSA) is 56.8 Å². The molecule has 0 aromatic heterocycles. The van der Waals surface area contributed by atoms with Gasteiger partial charge in [0.05, 0.1) is 26.3 Å². The molecule has 0 spiro atoms. The van der Waals surface area contributed by atoms with Crippen molar-refractivity contribution in [3.63, 3.8) is 0 Å². The Morgan fingerprint density at radius 1 is 1.20 bits per heavy atom. The van der Waals surface area contributed by atoms with Crippen LogP contribution < -0.4 is 10.1 Å². The van der Waals surface area contributed by atoms with Gasteiger partial charge in [0.25, 0.3) is 0 Å². The molecule has 25 heavy (non-hydrogen) atoms. The number of nitrogens with one attached hydrogen (secondary N) is 1. The fourth-order valence-electron chi connectivity index (χ4n) is 2.17. The molecule has 0 saturated heterocycles. The number of hydrogen-bond donors (Lipinski definition) is 1. The van der Waals surface area contributed by atoms with Crippen LogP contribution in [0.15, 0.2) is 24.3 Å². The van der Waals surface area contributed by atoms with Crippen LogP contribution in [-0.2, 0) is 14.0 Å². The first-order chi connectivity index (χ1) is 11.6. The van der Waals surface area contributed by atoms with Crippen LogP contribution in [-0.4, -0.2) is 41.2 Å². The molecule has 0 radical (unpaired) electrons. The third-order valence-corrected chi connectivity index (χ3v) is 9.38. The van der Waals surface area contributed by atoms with Crippen molar-refractivity contribution in [3.8, 4) is 5.75 Å². The van der Waals surface area contributed by atoms with Gasteiger partial charge in [-0.1, -0.05) is 32.9 Å². The number of hydrogen-bond acceptors (Lipinski definition) is 5. The molecule has 1 unspecified atom stereocenters. The first kappa shape index (κ1) is 21.5. The minimum absolute atomic E-state index is 0.0754. The molecule has 0 heterocycles. The highest BCUT2D eigenvalue weighted by atomic mass is 28.4. The molecule has 1 atom stereocenters. The molecular formula is C19H33NO4Si. The number of benzene rings is 1. The number of ether oxygens (including phenoxy) is 2. The van der Waals surface area contributed by atoms with Crippen molar-refractivity contribution in [2.75, 3.05) is 26.1 Å². The normalized spacial score (nSPS) is 13.2. The smallest absolute Gasteiger partial charge is 0.307 e. The summed E-state index contributed by atoms with van der Waals surface area (Å²) in [5.74, 6) is 0.516. The van der Waals surface area contributed by atoms with Gasteiger partial charge in [-0.3, -0.25) is 4.79 Å². The summed E-state index contributed by atoms with van der Waals surface area (Å²) in [6, 6.07) is 7.61. The quantitative estimate of drug-likeness (QED) is 0.516. The van der Waals surface area contributed by atoms with E-state index in [-0.39, 0.29) is 23.5 Å². The van der Waals surface area contributed by atoms with E-state index in [0.29, 0.717) is 6.61 Å². The van der Waals surface area contributed by atoms with E-state index < -0.39 is 8.32 Å². The summed E-state index contributed by atoms with van der Waals surface area (Å²) in [5, 5.41) is 3.57. The monoisotopic (exact) mass is 367 g/mol. The van der Waals surface area contributed by atoms with Gasteiger partial charge in [-0.25, -0.2) is 0 Å². The number of anilines is 1. The minimum Gasteiger partial charge on any atom is -0.495 e. The van der Waals surface area contributed by atoms with Gasteiger partial charge < -0.3 is 19.2 Å². The molecule has 6 heteroatoms. The molecule has 5 nitrogen and oxygen atoms in total. The van der Waals surface area contributed by atoms with Gasteiger partial charge in [-0.15, -0.1) is 0 Å². The lowest BCUT2D eigenvalue weighted by Gasteiger charge is -2.36. The van der Waals surface area contributed by atoms with Crippen LogP contribution in [0.3, 0.4) is 0 Å². The molecule has 0 amide bonds. The Balaban J connectivity index is 2.75. The van der Waals surface area contributed by atoms with Crippen LogP contribution in [0.4, 0.5) is 5.69 Å². The van der Waals surface area contributed by atoms with Crippen LogP contribution in [0.5, 0.6) is 5.75 Å². The van der Waals surface area contributed by atoms with Gasteiger partial charge in [-0.2, -0.15) is 0 Å². The molecule has 1 aromatic carbocycles. The Morgan fingerprint density at radius 3 is 2.40 bits per heavy atom. The summed E-state index contributed by atoms with van der Waals surface area (Å²) < 4.78 is 16.5. The maximum absolute atomic E-state index is 11.8. The fourth-order valence-corrected chi connectivity index (χ4v) is 3.23. The van der Waals surface area contributed by atoms with Crippen molar-refractivity contribution in [2.45, 2.75) is 57.8 Å². The van der Waals surface area contributed by atoms with Crippen molar-refractivity contribution in [3.05, 3.63) is 24.3 Å². The Bertz CT molecular complexity index is 555. The molecule has 0 aliphatic heterocycles. The van der Waals surface area contributed by atoms with Crippen LogP contribution >= 0.6 is 0 Å². The second kappa shape index (κ2) is 9.24. The number of methoxy groups -OCH3 is 2. The molecule has 1 aromatic rings. The Morgan fingerprint density at radius 2 is 1.84 bits per heavy atom. The zero-order valence-electron chi connectivity index (χ0n) is 16.6. The Hall–Kier alpha value is -1.53. The molecule has 1 rings (SSSR count). The largest absolute Gasteiger partial charge is 0.495 e. The van der Waals surface area contributed by atoms with Crippen molar-refractivity contribution >= 4 is 20.0 Å². The van der Waals surface area contributed by atoms with Crippen molar-refractivity contribution in [1.29, 1.82) is 0 Å². The average Bonchev–Trinajstić information content (AvgIpc) is 2.53. The van der Waals surface area contributed by atoms with Gasteiger partial charge in [0.1, 0.15) is 5.75 Å². The Kier molecular flexibility index (Phi) is 7.95. The van der Waals surface area contributed by atoms with E-state index in [2.05, 4.69) is 39.2 Å². The van der Waals surface area contributed by atoms with Gasteiger partial charge in [0.15, 0.2) is 8.32 Å². The molecule has 1 N–H and O–H groups in total. The Labute approximate surface area is 153 Å². The molecular weight excluding hydrogens is 334 g/mol. The van der Waals surface area contributed by atoms with E-state index in [1.165, 1.54) is 7.11 Å². The summed E-state index contributed by atoms with van der Waals surface area (Å²) in [5.41, 5.74) is 0.867. The zero-order valence-corrected chi connectivity index (χ0v) is 17.6. The fraction of sp³-hybridized carbons (Fsp3) is 0.632. The van der Waals surface area contributed by atoms with Crippen molar-refractivity contribution in [2.24, 2.45) is 0 Å².